The largest absolute Gasteiger partial charge is 0.489 e. The number of hydrogen-bond acceptors (Lipinski definition) is 1. The zero-order valence-corrected chi connectivity index (χ0v) is 8.93. The van der Waals surface area contributed by atoms with Crippen molar-refractivity contribution >= 4 is 0 Å². The second-order valence-electron chi connectivity index (χ2n) is 3.53. The highest BCUT2D eigenvalue weighted by atomic mass is 16.5. The van der Waals surface area contributed by atoms with Gasteiger partial charge in [0.1, 0.15) is 19.0 Å². The number of rotatable bonds is 4. The Hall–Kier alpha value is -1.80. The highest BCUT2D eigenvalue weighted by Gasteiger charge is 2.01. The van der Waals surface area contributed by atoms with Gasteiger partial charge in [0.2, 0.25) is 0 Å². The van der Waals surface area contributed by atoms with Crippen LogP contribution in [-0.2, 0) is 18.3 Å². The number of benzene rings is 2. The molecule has 2 aromatic carbocycles. The summed E-state index contributed by atoms with van der Waals surface area (Å²) in [6.45, 7) is 0.253. The zero-order chi connectivity index (χ0) is 11.2. The summed E-state index contributed by atoms with van der Waals surface area (Å²) in [5.74, 6) is 0.682. The molecule has 0 aliphatic carbocycles. The van der Waals surface area contributed by atoms with E-state index in [1.54, 1.807) is 6.07 Å². The summed E-state index contributed by atoms with van der Waals surface area (Å²) in [6.07, 6.45) is 0. The molecular weight excluding hydrogens is 200 g/mol. The first kappa shape index (κ1) is 10.7. The van der Waals surface area contributed by atoms with E-state index in [1.165, 1.54) is 0 Å². The van der Waals surface area contributed by atoms with E-state index in [0.717, 1.165) is 5.56 Å². The summed E-state index contributed by atoms with van der Waals surface area (Å²) in [5, 5.41) is 10.9. The first-order valence-electron chi connectivity index (χ1n) is 5.23. The van der Waals surface area contributed by atoms with Gasteiger partial charge in [0.15, 0.2) is 0 Å². The van der Waals surface area contributed by atoms with Crippen LogP contribution in [0.2, 0.25) is 0 Å². The molecule has 0 heterocycles. The summed E-state index contributed by atoms with van der Waals surface area (Å²) >= 11 is 0. The molecule has 2 rings (SSSR count). The molecule has 1 radical (unpaired) electrons. The monoisotopic (exact) mass is 213 g/mol. The first-order chi connectivity index (χ1) is 7.90. The van der Waals surface area contributed by atoms with Gasteiger partial charge < -0.3 is 4.74 Å². The molecule has 0 bridgehead atoms. The van der Waals surface area contributed by atoms with Crippen LogP contribution in [0, 0.1) is 0 Å². The van der Waals surface area contributed by atoms with E-state index in [4.69, 9.17) is 4.74 Å². The zero-order valence-electron chi connectivity index (χ0n) is 8.93. The van der Waals surface area contributed by atoms with Crippen LogP contribution in [0.3, 0.4) is 0 Å². The Morgan fingerprint density at radius 3 is 2.31 bits per heavy atom. The van der Waals surface area contributed by atoms with Crippen molar-refractivity contribution in [1.29, 1.82) is 0 Å². The van der Waals surface area contributed by atoms with Crippen molar-refractivity contribution in [3.8, 4) is 5.75 Å². The van der Waals surface area contributed by atoms with E-state index in [-0.39, 0.29) is 6.61 Å². The lowest BCUT2D eigenvalue weighted by molar-refractivity contribution is 0.171. The van der Waals surface area contributed by atoms with Gasteiger partial charge >= 0.3 is 0 Å². The number of hydrogen-bond donors (Lipinski definition) is 0. The van der Waals surface area contributed by atoms with Crippen molar-refractivity contribution in [1.82, 2.24) is 0 Å². The fourth-order valence-electron chi connectivity index (χ4n) is 1.50. The molecule has 81 valence electrons. The van der Waals surface area contributed by atoms with Gasteiger partial charge in [-0.3, -0.25) is 0 Å². The third-order valence-electron chi connectivity index (χ3n) is 2.37. The third-order valence-corrected chi connectivity index (χ3v) is 2.37. The Morgan fingerprint density at radius 2 is 1.56 bits per heavy atom. The minimum Gasteiger partial charge on any atom is -0.489 e. The molecule has 16 heavy (non-hydrogen) atoms. The molecule has 2 heteroatoms. The molecule has 0 atom stereocenters. The number of ether oxygens (including phenoxy) is 1. The summed E-state index contributed by atoms with van der Waals surface area (Å²) in [5.41, 5.74) is 1.81. The van der Waals surface area contributed by atoms with Crippen molar-refractivity contribution in [3.05, 3.63) is 65.7 Å². The minimum atomic E-state index is -0.245. The standard InChI is InChI=1S/C14H13O2/c15-10-13-8-4-5-9-14(13)16-11-12-6-2-1-3-7-12/h1-9H,10-11H2. The molecule has 0 N–H and O–H groups in total. The van der Waals surface area contributed by atoms with Crippen molar-refractivity contribution in [3.63, 3.8) is 0 Å². The van der Waals surface area contributed by atoms with Crippen LogP contribution in [0.4, 0.5) is 0 Å². The fraction of sp³-hybridized carbons (Fsp3) is 0.143. The molecule has 0 amide bonds. The highest BCUT2D eigenvalue weighted by molar-refractivity contribution is 5.32. The Labute approximate surface area is 95.1 Å². The summed E-state index contributed by atoms with van der Waals surface area (Å²) in [6, 6.07) is 17.3. The van der Waals surface area contributed by atoms with Gasteiger partial charge in [0, 0.05) is 5.56 Å². The number of para-hydroxylation sites is 1. The van der Waals surface area contributed by atoms with Crippen LogP contribution in [0.25, 0.3) is 0 Å². The maximum absolute atomic E-state index is 10.9. The van der Waals surface area contributed by atoms with Gasteiger partial charge in [0.25, 0.3) is 0 Å². The summed E-state index contributed by atoms with van der Waals surface area (Å²) in [4.78, 5) is 0. The Balaban J connectivity index is 2.05. The van der Waals surface area contributed by atoms with E-state index < -0.39 is 0 Å². The van der Waals surface area contributed by atoms with Crippen LogP contribution in [0.5, 0.6) is 5.75 Å². The molecule has 2 nitrogen and oxygen atoms in total. The molecule has 0 spiro atoms. The molecule has 0 aromatic heterocycles. The molecule has 0 aliphatic rings. The normalized spacial score (nSPS) is 10.1. The van der Waals surface area contributed by atoms with Gasteiger partial charge in [0.05, 0.1) is 0 Å². The second-order valence-corrected chi connectivity index (χ2v) is 3.53. The van der Waals surface area contributed by atoms with Crippen LogP contribution < -0.4 is 4.74 Å². The predicted molar refractivity (Wildman–Crippen MR) is 61.6 cm³/mol. The van der Waals surface area contributed by atoms with Crippen molar-refractivity contribution < 1.29 is 9.84 Å². The summed E-state index contributed by atoms with van der Waals surface area (Å²) < 4.78 is 5.61. The molecular formula is C14H13O2. The van der Waals surface area contributed by atoms with E-state index in [9.17, 15) is 5.11 Å². The van der Waals surface area contributed by atoms with Crippen molar-refractivity contribution in [2.75, 3.05) is 0 Å². The molecule has 2 aromatic rings. The lowest BCUT2D eigenvalue weighted by Gasteiger charge is -2.09. The molecule has 0 fully saturated rings. The van der Waals surface area contributed by atoms with Gasteiger partial charge in [-0.2, -0.15) is 0 Å². The molecule has 0 aliphatic heterocycles. The molecule has 0 saturated heterocycles. The van der Waals surface area contributed by atoms with Gasteiger partial charge in [-0.05, 0) is 11.6 Å². The smallest absolute Gasteiger partial charge is 0.125 e. The second kappa shape index (κ2) is 5.33. The first-order valence-corrected chi connectivity index (χ1v) is 5.23. The van der Waals surface area contributed by atoms with E-state index in [1.807, 2.05) is 48.5 Å². The maximum Gasteiger partial charge on any atom is 0.125 e. The van der Waals surface area contributed by atoms with Gasteiger partial charge in [-0.15, -0.1) is 0 Å². The average molecular weight is 213 g/mol. The Bertz CT molecular complexity index is 437. The third kappa shape index (κ3) is 2.61. The van der Waals surface area contributed by atoms with Crippen LogP contribution in [0.15, 0.2) is 54.6 Å². The Morgan fingerprint density at radius 1 is 0.875 bits per heavy atom. The van der Waals surface area contributed by atoms with Gasteiger partial charge in [-0.1, -0.05) is 48.5 Å². The van der Waals surface area contributed by atoms with Crippen LogP contribution in [0.1, 0.15) is 11.1 Å². The Kier molecular flexibility index (Phi) is 3.57. The maximum atomic E-state index is 10.9. The topological polar surface area (TPSA) is 29.1 Å². The van der Waals surface area contributed by atoms with Crippen molar-refractivity contribution in [2.24, 2.45) is 0 Å². The van der Waals surface area contributed by atoms with E-state index in [0.29, 0.717) is 17.9 Å². The molecule has 0 saturated carbocycles. The van der Waals surface area contributed by atoms with Crippen LogP contribution in [-0.4, -0.2) is 0 Å². The SMILES string of the molecule is [O]Cc1ccccc1OCc1ccccc1. The lowest BCUT2D eigenvalue weighted by Crippen LogP contribution is -1.97. The van der Waals surface area contributed by atoms with Gasteiger partial charge in [-0.25, -0.2) is 5.11 Å². The fourth-order valence-corrected chi connectivity index (χ4v) is 1.50. The predicted octanol–water partition coefficient (Wildman–Crippen LogP) is 3.20. The summed E-state index contributed by atoms with van der Waals surface area (Å²) in [7, 11) is 0. The van der Waals surface area contributed by atoms with E-state index >= 15 is 0 Å². The average Bonchev–Trinajstić information content (AvgIpc) is 2.38. The highest BCUT2D eigenvalue weighted by Crippen LogP contribution is 2.19. The lowest BCUT2D eigenvalue weighted by atomic mass is 10.2. The quantitative estimate of drug-likeness (QED) is 0.766. The molecule has 0 unspecified atom stereocenters. The van der Waals surface area contributed by atoms with E-state index in [2.05, 4.69) is 0 Å². The van der Waals surface area contributed by atoms with Crippen LogP contribution >= 0.6 is 0 Å². The minimum absolute atomic E-state index is 0.245. The van der Waals surface area contributed by atoms with Crippen molar-refractivity contribution in [2.45, 2.75) is 13.2 Å².